The Hall–Kier alpha value is -2.20. The molecule has 0 bridgehead atoms. The molecule has 4 heteroatoms. The van der Waals surface area contributed by atoms with Gasteiger partial charge in [-0.05, 0) is 31.5 Å². The fourth-order valence-electron chi connectivity index (χ4n) is 2.26. The maximum absolute atomic E-state index is 10.6. The van der Waals surface area contributed by atoms with Crippen molar-refractivity contribution in [3.8, 4) is 0 Å². The molecule has 0 aromatic heterocycles. The van der Waals surface area contributed by atoms with E-state index in [0.29, 0.717) is 0 Å². The lowest BCUT2D eigenvalue weighted by molar-refractivity contribution is -0.384. The number of likely N-dealkylation sites (N-methyl/N-ethyl adjacent to an activating group) is 1. The minimum atomic E-state index is -0.375. The molecule has 1 unspecified atom stereocenters. The molecular weight excluding hydrogens is 252 g/mol. The minimum Gasteiger partial charge on any atom is -0.313 e. The standard InChI is InChI=1S/C16H18N2O2/c1-12-4-3-5-14(10-12)16(17-2)11-13-6-8-15(9-7-13)18(19)20/h3-10,16-17H,11H2,1-2H3. The summed E-state index contributed by atoms with van der Waals surface area (Å²) in [5.41, 5.74) is 3.67. The number of nitro benzene ring substituents is 1. The van der Waals surface area contributed by atoms with Gasteiger partial charge in [-0.3, -0.25) is 10.1 Å². The number of benzene rings is 2. The predicted molar refractivity (Wildman–Crippen MR) is 79.8 cm³/mol. The molecule has 0 radical (unpaired) electrons. The lowest BCUT2D eigenvalue weighted by atomic mass is 9.97. The maximum Gasteiger partial charge on any atom is 0.269 e. The second kappa shape index (κ2) is 6.30. The third-order valence-corrected chi connectivity index (χ3v) is 3.38. The van der Waals surface area contributed by atoms with Crippen LogP contribution in [0.1, 0.15) is 22.7 Å². The average molecular weight is 270 g/mol. The zero-order valence-corrected chi connectivity index (χ0v) is 11.7. The number of hydrogen-bond donors (Lipinski definition) is 1. The summed E-state index contributed by atoms with van der Waals surface area (Å²) in [5, 5.41) is 13.9. The topological polar surface area (TPSA) is 55.2 Å². The molecule has 0 heterocycles. The van der Waals surface area contributed by atoms with Crippen molar-refractivity contribution in [2.75, 3.05) is 7.05 Å². The van der Waals surface area contributed by atoms with Crippen molar-refractivity contribution in [3.63, 3.8) is 0 Å². The average Bonchev–Trinajstić information content (AvgIpc) is 2.45. The van der Waals surface area contributed by atoms with E-state index in [-0.39, 0.29) is 16.7 Å². The van der Waals surface area contributed by atoms with Crippen molar-refractivity contribution in [2.24, 2.45) is 0 Å². The molecule has 2 aromatic carbocycles. The number of nitrogens with zero attached hydrogens (tertiary/aromatic N) is 1. The molecule has 0 saturated heterocycles. The van der Waals surface area contributed by atoms with Crippen LogP contribution in [0.3, 0.4) is 0 Å². The van der Waals surface area contributed by atoms with Crippen molar-refractivity contribution < 1.29 is 4.92 Å². The third-order valence-electron chi connectivity index (χ3n) is 3.38. The molecule has 1 N–H and O–H groups in total. The fourth-order valence-corrected chi connectivity index (χ4v) is 2.26. The van der Waals surface area contributed by atoms with E-state index in [1.54, 1.807) is 12.1 Å². The van der Waals surface area contributed by atoms with Crippen LogP contribution in [0.25, 0.3) is 0 Å². The molecule has 2 aromatic rings. The van der Waals surface area contributed by atoms with Crippen LogP contribution < -0.4 is 5.32 Å². The molecule has 0 amide bonds. The molecule has 0 aliphatic heterocycles. The second-order valence-electron chi connectivity index (χ2n) is 4.88. The molecule has 0 saturated carbocycles. The Labute approximate surface area is 118 Å². The van der Waals surface area contributed by atoms with Gasteiger partial charge in [0.25, 0.3) is 5.69 Å². The molecule has 2 rings (SSSR count). The van der Waals surface area contributed by atoms with E-state index in [1.807, 2.05) is 25.2 Å². The van der Waals surface area contributed by atoms with Gasteiger partial charge in [-0.1, -0.05) is 42.0 Å². The van der Waals surface area contributed by atoms with Crippen LogP contribution in [0, 0.1) is 17.0 Å². The third kappa shape index (κ3) is 3.42. The molecule has 0 fully saturated rings. The highest BCUT2D eigenvalue weighted by Crippen LogP contribution is 2.20. The van der Waals surface area contributed by atoms with E-state index >= 15 is 0 Å². The van der Waals surface area contributed by atoms with Crippen molar-refractivity contribution in [1.82, 2.24) is 5.32 Å². The van der Waals surface area contributed by atoms with E-state index < -0.39 is 0 Å². The first-order valence-electron chi connectivity index (χ1n) is 6.57. The quantitative estimate of drug-likeness (QED) is 0.669. The Morgan fingerprint density at radius 3 is 2.45 bits per heavy atom. The van der Waals surface area contributed by atoms with Gasteiger partial charge in [0.2, 0.25) is 0 Å². The lowest BCUT2D eigenvalue weighted by Gasteiger charge is -2.17. The molecular formula is C16H18N2O2. The molecule has 0 aliphatic rings. The number of aryl methyl sites for hydroxylation is 1. The first-order chi connectivity index (χ1) is 9.60. The Morgan fingerprint density at radius 1 is 1.20 bits per heavy atom. The Morgan fingerprint density at radius 2 is 1.90 bits per heavy atom. The Balaban J connectivity index is 2.16. The van der Waals surface area contributed by atoms with Gasteiger partial charge >= 0.3 is 0 Å². The largest absolute Gasteiger partial charge is 0.313 e. The molecule has 0 spiro atoms. The van der Waals surface area contributed by atoms with Gasteiger partial charge in [0.05, 0.1) is 4.92 Å². The number of non-ortho nitro benzene ring substituents is 1. The van der Waals surface area contributed by atoms with Gasteiger partial charge in [0.15, 0.2) is 0 Å². The zero-order valence-electron chi connectivity index (χ0n) is 11.7. The number of nitro groups is 1. The van der Waals surface area contributed by atoms with Crippen LogP contribution in [0.2, 0.25) is 0 Å². The highest BCUT2D eigenvalue weighted by atomic mass is 16.6. The first-order valence-corrected chi connectivity index (χ1v) is 6.57. The highest BCUT2D eigenvalue weighted by molar-refractivity contribution is 5.34. The smallest absolute Gasteiger partial charge is 0.269 e. The molecule has 104 valence electrons. The molecule has 1 atom stereocenters. The summed E-state index contributed by atoms with van der Waals surface area (Å²) in [6, 6.07) is 15.3. The van der Waals surface area contributed by atoms with Crippen LogP contribution in [-0.4, -0.2) is 12.0 Å². The zero-order chi connectivity index (χ0) is 14.5. The normalized spacial score (nSPS) is 12.1. The van der Waals surface area contributed by atoms with E-state index in [1.165, 1.54) is 11.1 Å². The highest BCUT2D eigenvalue weighted by Gasteiger charge is 2.11. The summed E-state index contributed by atoms with van der Waals surface area (Å²) < 4.78 is 0. The summed E-state index contributed by atoms with van der Waals surface area (Å²) in [6.45, 7) is 2.07. The number of hydrogen-bond acceptors (Lipinski definition) is 3. The SMILES string of the molecule is CNC(Cc1ccc([N+](=O)[O-])cc1)c1cccc(C)c1. The van der Waals surface area contributed by atoms with Crippen LogP contribution in [-0.2, 0) is 6.42 Å². The van der Waals surface area contributed by atoms with Gasteiger partial charge in [0.1, 0.15) is 0 Å². The number of rotatable bonds is 5. The summed E-state index contributed by atoms with van der Waals surface area (Å²) in [4.78, 5) is 10.3. The van der Waals surface area contributed by atoms with Crippen molar-refractivity contribution in [2.45, 2.75) is 19.4 Å². The molecule has 4 nitrogen and oxygen atoms in total. The summed E-state index contributed by atoms with van der Waals surface area (Å²) in [5.74, 6) is 0. The van der Waals surface area contributed by atoms with E-state index in [0.717, 1.165) is 12.0 Å². The maximum atomic E-state index is 10.6. The van der Waals surface area contributed by atoms with Gasteiger partial charge < -0.3 is 5.32 Å². The summed E-state index contributed by atoms with van der Waals surface area (Å²) >= 11 is 0. The van der Waals surface area contributed by atoms with Gasteiger partial charge in [-0.25, -0.2) is 0 Å². The first kappa shape index (κ1) is 14.2. The molecule has 20 heavy (non-hydrogen) atoms. The van der Waals surface area contributed by atoms with Crippen LogP contribution in [0.4, 0.5) is 5.69 Å². The van der Waals surface area contributed by atoms with Gasteiger partial charge in [0, 0.05) is 18.2 Å². The monoisotopic (exact) mass is 270 g/mol. The van der Waals surface area contributed by atoms with E-state index in [2.05, 4.69) is 30.4 Å². The second-order valence-corrected chi connectivity index (χ2v) is 4.88. The van der Waals surface area contributed by atoms with Crippen LogP contribution >= 0.6 is 0 Å². The van der Waals surface area contributed by atoms with Crippen LogP contribution in [0.5, 0.6) is 0 Å². The summed E-state index contributed by atoms with van der Waals surface area (Å²) in [6.07, 6.45) is 0.804. The van der Waals surface area contributed by atoms with Gasteiger partial charge in [-0.2, -0.15) is 0 Å². The predicted octanol–water partition coefficient (Wildman–Crippen LogP) is 3.41. The van der Waals surface area contributed by atoms with Crippen molar-refractivity contribution >= 4 is 5.69 Å². The minimum absolute atomic E-state index is 0.130. The van der Waals surface area contributed by atoms with E-state index in [9.17, 15) is 10.1 Å². The molecule has 0 aliphatic carbocycles. The number of nitrogens with one attached hydrogen (secondary N) is 1. The van der Waals surface area contributed by atoms with Gasteiger partial charge in [-0.15, -0.1) is 0 Å². The van der Waals surface area contributed by atoms with Crippen molar-refractivity contribution in [3.05, 3.63) is 75.3 Å². The van der Waals surface area contributed by atoms with Crippen LogP contribution in [0.15, 0.2) is 48.5 Å². The van der Waals surface area contributed by atoms with Crippen molar-refractivity contribution in [1.29, 1.82) is 0 Å². The van der Waals surface area contributed by atoms with E-state index in [4.69, 9.17) is 0 Å². The Bertz CT molecular complexity index is 594. The fraction of sp³-hybridized carbons (Fsp3) is 0.250. The lowest BCUT2D eigenvalue weighted by Crippen LogP contribution is -2.18. The Kier molecular flexibility index (Phi) is 4.48. The summed E-state index contributed by atoms with van der Waals surface area (Å²) in [7, 11) is 1.93.